The Labute approximate surface area is 124 Å². The van der Waals surface area contributed by atoms with Crippen molar-refractivity contribution in [3.63, 3.8) is 0 Å². The van der Waals surface area contributed by atoms with E-state index in [1.807, 2.05) is 6.92 Å². The lowest BCUT2D eigenvalue weighted by molar-refractivity contribution is 0.0483. The van der Waals surface area contributed by atoms with Crippen molar-refractivity contribution in [3.8, 4) is 5.75 Å². The van der Waals surface area contributed by atoms with Crippen LogP contribution in [0.25, 0.3) is 0 Å². The summed E-state index contributed by atoms with van der Waals surface area (Å²) in [5.74, 6) is 0.221. The number of carbonyl (C=O) groups is 2. The largest absolute Gasteiger partial charge is 0.496 e. The Bertz CT molecular complexity index is 521. The summed E-state index contributed by atoms with van der Waals surface area (Å²) in [6.45, 7) is 7.15. The van der Waals surface area contributed by atoms with Gasteiger partial charge in [-0.3, -0.25) is 10.2 Å². The first-order chi connectivity index (χ1) is 9.78. The van der Waals surface area contributed by atoms with Crippen molar-refractivity contribution in [3.05, 3.63) is 29.3 Å². The van der Waals surface area contributed by atoms with Crippen molar-refractivity contribution in [1.82, 2.24) is 10.9 Å². The van der Waals surface area contributed by atoms with E-state index in [4.69, 9.17) is 9.47 Å². The minimum atomic E-state index is -0.711. The SMILES string of the molecule is CCc1c(OC)cccc1C(=O)NNC(=O)OC(C)(C)C. The Morgan fingerprint density at radius 1 is 1.19 bits per heavy atom. The third kappa shape index (κ3) is 4.98. The number of hydrogen-bond donors (Lipinski definition) is 2. The molecule has 0 heterocycles. The van der Waals surface area contributed by atoms with Crippen molar-refractivity contribution in [1.29, 1.82) is 0 Å². The summed E-state index contributed by atoms with van der Waals surface area (Å²) in [6.07, 6.45) is -0.0732. The van der Waals surface area contributed by atoms with E-state index >= 15 is 0 Å². The number of rotatable bonds is 3. The maximum atomic E-state index is 12.1. The van der Waals surface area contributed by atoms with Gasteiger partial charge in [0.2, 0.25) is 0 Å². The van der Waals surface area contributed by atoms with Crippen LogP contribution in [0.5, 0.6) is 5.75 Å². The van der Waals surface area contributed by atoms with Crippen molar-refractivity contribution in [2.75, 3.05) is 7.11 Å². The summed E-state index contributed by atoms with van der Waals surface area (Å²) in [5, 5.41) is 0. The molecule has 6 heteroatoms. The first kappa shape index (κ1) is 16.8. The lowest BCUT2D eigenvalue weighted by Crippen LogP contribution is -2.44. The van der Waals surface area contributed by atoms with Crippen LogP contribution < -0.4 is 15.6 Å². The molecule has 116 valence electrons. The lowest BCUT2D eigenvalue weighted by atomic mass is 10.0. The lowest BCUT2D eigenvalue weighted by Gasteiger charge is -2.20. The molecule has 0 aliphatic carbocycles. The highest BCUT2D eigenvalue weighted by atomic mass is 16.6. The average Bonchev–Trinajstić information content (AvgIpc) is 2.41. The van der Waals surface area contributed by atoms with E-state index < -0.39 is 17.6 Å². The van der Waals surface area contributed by atoms with Gasteiger partial charge in [-0.25, -0.2) is 10.2 Å². The van der Waals surface area contributed by atoms with Gasteiger partial charge >= 0.3 is 6.09 Å². The van der Waals surface area contributed by atoms with Gasteiger partial charge in [0.1, 0.15) is 11.4 Å². The molecule has 1 aromatic carbocycles. The number of benzene rings is 1. The third-order valence-electron chi connectivity index (χ3n) is 2.63. The van der Waals surface area contributed by atoms with Gasteiger partial charge < -0.3 is 9.47 Å². The zero-order chi connectivity index (χ0) is 16.0. The molecule has 21 heavy (non-hydrogen) atoms. The van der Waals surface area contributed by atoms with E-state index in [1.54, 1.807) is 46.1 Å². The summed E-state index contributed by atoms with van der Waals surface area (Å²) in [6, 6.07) is 5.19. The first-order valence-electron chi connectivity index (χ1n) is 6.73. The number of amides is 2. The highest BCUT2D eigenvalue weighted by Crippen LogP contribution is 2.22. The molecule has 2 N–H and O–H groups in total. The topological polar surface area (TPSA) is 76.7 Å². The van der Waals surface area contributed by atoms with Crippen LogP contribution in [0.3, 0.4) is 0 Å². The molecule has 0 saturated carbocycles. The van der Waals surface area contributed by atoms with Crippen LogP contribution >= 0.6 is 0 Å². The molecule has 0 radical (unpaired) electrons. The Hall–Kier alpha value is -2.24. The van der Waals surface area contributed by atoms with E-state index in [2.05, 4.69) is 10.9 Å². The molecule has 0 saturated heterocycles. The van der Waals surface area contributed by atoms with Crippen LogP contribution in [0.4, 0.5) is 4.79 Å². The van der Waals surface area contributed by atoms with E-state index in [1.165, 1.54) is 0 Å². The number of hydrogen-bond acceptors (Lipinski definition) is 4. The van der Waals surface area contributed by atoms with Crippen LogP contribution in [-0.4, -0.2) is 24.7 Å². The van der Waals surface area contributed by atoms with E-state index in [9.17, 15) is 9.59 Å². The van der Waals surface area contributed by atoms with Crippen LogP contribution in [0.2, 0.25) is 0 Å². The van der Waals surface area contributed by atoms with E-state index in [0.29, 0.717) is 17.7 Å². The number of methoxy groups -OCH3 is 1. The molecular weight excluding hydrogens is 272 g/mol. The summed E-state index contributed by atoms with van der Waals surface area (Å²) >= 11 is 0. The number of ether oxygens (including phenoxy) is 2. The molecule has 1 aromatic rings. The monoisotopic (exact) mass is 294 g/mol. The van der Waals surface area contributed by atoms with Crippen LogP contribution in [-0.2, 0) is 11.2 Å². The molecule has 1 rings (SSSR count). The summed E-state index contributed by atoms with van der Waals surface area (Å²) < 4.78 is 10.3. The predicted molar refractivity (Wildman–Crippen MR) is 79.2 cm³/mol. The third-order valence-corrected chi connectivity index (χ3v) is 2.63. The second-order valence-corrected chi connectivity index (χ2v) is 5.42. The van der Waals surface area contributed by atoms with Crippen LogP contribution in [0.15, 0.2) is 18.2 Å². The zero-order valence-corrected chi connectivity index (χ0v) is 13.1. The fraction of sp³-hybridized carbons (Fsp3) is 0.467. The van der Waals surface area contributed by atoms with Crippen molar-refractivity contribution in [2.24, 2.45) is 0 Å². The minimum Gasteiger partial charge on any atom is -0.496 e. The zero-order valence-electron chi connectivity index (χ0n) is 13.1. The standard InChI is InChI=1S/C15H22N2O4/c1-6-10-11(8-7-9-12(10)20-5)13(18)16-17-14(19)21-15(2,3)4/h7-9H,6H2,1-5H3,(H,16,18)(H,17,19). The fourth-order valence-corrected chi connectivity index (χ4v) is 1.81. The molecule has 2 amide bonds. The quantitative estimate of drug-likeness (QED) is 0.839. The van der Waals surface area contributed by atoms with E-state index in [-0.39, 0.29) is 0 Å². The molecule has 0 bridgehead atoms. The van der Waals surface area contributed by atoms with Gasteiger partial charge in [0.05, 0.1) is 7.11 Å². The Morgan fingerprint density at radius 3 is 2.38 bits per heavy atom. The Kier molecular flexibility index (Phi) is 5.58. The Morgan fingerprint density at radius 2 is 1.86 bits per heavy atom. The predicted octanol–water partition coefficient (Wildman–Crippen LogP) is 2.43. The fourth-order valence-electron chi connectivity index (χ4n) is 1.81. The molecule has 0 spiro atoms. The maximum Gasteiger partial charge on any atom is 0.426 e. The average molecular weight is 294 g/mol. The van der Waals surface area contributed by atoms with Gasteiger partial charge in [-0.1, -0.05) is 13.0 Å². The Balaban J connectivity index is 2.75. The first-order valence-corrected chi connectivity index (χ1v) is 6.73. The highest BCUT2D eigenvalue weighted by Gasteiger charge is 2.18. The number of hydrazine groups is 1. The van der Waals surface area contributed by atoms with Gasteiger partial charge in [0.25, 0.3) is 5.91 Å². The van der Waals surface area contributed by atoms with Gasteiger partial charge in [0.15, 0.2) is 0 Å². The van der Waals surface area contributed by atoms with E-state index in [0.717, 1.165) is 5.56 Å². The van der Waals surface area contributed by atoms with Gasteiger partial charge in [0, 0.05) is 11.1 Å². The molecule has 0 fully saturated rings. The second-order valence-electron chi connectivity index (χ2n) is 5.42. The number of nitrogens with one attached hydrogen (secondary N) is 2. The molecule has 0 unspecified atom stereocenters. The smallest absolute Gasteiger partial charge is 0.426 e. The normalized spacial score (nSPS) is 10.7. The summed E-state index contributed by atoms with van der Waals surface area (Å²) in [4.78, 5) is 23.6. The summed E-state index contributed by atoms with van der Waals surface area (Å²) in [7, 11) is 1.55. The molecule has 0 aliphatic rings. The summed E-state index contributed by atoms with van der Waals surface area (Å²) in [5.41, 5.74) is 5.16. The molecular formula is C15H22N2O4. The van der Waals surface area contributed by atoms with Crippen molar-refractivity contribution in [2.45, 2.75) is 39.7 Å². The van der Waals surface area contributed by atoms with Gasteiger partial charge in [-0.05, 0) is 39.3 Å². The molecule has 0 aromatic heterocycles. The van der Waals surface area contributed by atoms with Crippen LogP contribution in [0, 0.1) is 0 Å². The minimum absolute atomic E-state index is 0.420. The maximum absolute atomic E-state index is 12.1. The molecule has 6 nitrogen and oxygen atoms in total. The highest BCUT2D eigenvalue weighted by molar-refractivity contribution is 5.97. The molecule has 0 aliphatic heterocycles. The number of carbonyl (C=O) groups excluding carboxylic acids is 2. The van der Waals surface area contributed by atoms with Crippen molar-refractivity contribution < 1.29 is 19.1 Å². The van der Waals surface area contributed by atoms with Crippen molar-refractivity contribution >= 4 is 12.0 Å². The van der Waals surface area contributed by atoms with Gasteiger partial charge in [-0.15, -0.1) is 0 Å². The van der Waals surface area contributed by atoms with Gasteiger partial charge in [-0.2, -0.15) is 0 Å². The second kappa shape index (κ2) is 6.97. The molecule has 0 atom stereocenters. The van der Waals surface area contributed by atoms with Crippen LogP contribution in [0.1, 0.15) is 43.6 Å².